The van der Waals surface area contributed by atoms with Crippen LogP contribution in [-0.4, -0.2) is 29.4 Å². The van der Waals surface area contributed by atoms with Crippen molar-refractivity contribution in [2.24, 2.45) is 0 Å². The quantitative estimate of drug-likeness (QED) is 0.339. The molecule has 0 aromatic rings. The Kier molecular flexibility index (Phi) is 9.83. The van der Waals surface area contributed by atoms with Gasteiger partial charge in [-0.2, -0.15) is 8.78 Å². The van der Waals surface area contributed by atoms with E-state index >= 15 is 0 Å². The van der Waals surface area contributed by atoms with Gasteiger partial charge >= 0.3 is 5.92 Å². The number of hydrogen-bond acceptors (Lipinski definition) is 3. The maximum atomic E-state index is 14.0. The van der Waals surface area contributed by atoms with Gasteiger partial charge in [0.2, 0.25) is 5.78 Å². The SMILES string of the molecule is CCCCCCCCCC(=O)C(F)(F)C(=O)N[C@H]1CCCCCC1=O. The van der Waals surface area contributed by atoms with Crippen LogP contribution >= 0.6 is 0 Å². The van der Waals surface area contributed by atoms with Crippen molar-refractivity contribution >= 4 is 17.5 Å². The minimum absolute atomic E-state index is 0.221. The number of halogens is 2. The number of unbranched alkanes of at least 4 members (excludes halogenated alkanes) is 6. The number of hydrogen-bond donors (Lipinski definition) is 1. The molecule has 1 rings (SSSR count). The van der Waals surface area contributed by atoms with Crippen molar-refractivity contribution in [3.63, 3.8) is 0 Å². The largest absolute Gasteiger partial charge is 0.381 e. The van der Waals surface area contributed by atoms with Crippen molar-refractivity contribution in [2.45, 2.75) is 102 Å². The fourth-order valence-electron chi connectivity index (χ4n) is 3.09. The zero-order valence-electron chi connectivity index (χ0n) is 15.3. The second-order valence-corrected chi connectivity index (χ2v) is 6.96. The van der Waals surface area contributed by atoms with E-state index in [2.05, 4.69) is 12.2 Å². The molecule has 144 valence electrons. The maximum Gasteiger partial charge on any atom is 0.381 e. The van der Waals surface area contributed by atoms with Crippen LogP contribution in [0, 0.1) is 0 Å². The summed E-state index contributed by atoms with van der Waals surface area (Å²) in [4.78, 5) is 35.4. The van der Waals surface area contributed by atoms with Gasteiger partial charge in [-0.3, -0.25) is 14.4 Å². The van der Waals surface area contributed by atoms with Crippen LogP contribution in [0.3, 0.4) is 0 Å². The van der Waals surface area contributed by atoms with Crippen LogP contribution in [0.2, 0.25) is 0 Å². The van der Waals surface area contributed by atoms with E-state index in [1.54, 1.807) is 0 Å². The average Bonchev–Trinajstić information content (AvgIpc) is 2.78. The van der Waals surface area contributed by atoms with E-state index in [0.29, 0.717) is 32.1 Å². The van der Waals surface area contributed by atoms with Crippen molar-refractivity contribution in [2.75, 3.05) is 0 Å². The molecule has 1 amide bonds. The van der Waals surface area contributed by atoms with E-state index < -0.39 is 23.7 Å². The first-order valence-corrected chi connectivity index (χ1v) is 9.64. The molecule has 1 aliphatic rings. The predicted molar refractivity (Wildman–Crippen MR) is 92.6 cm³/mol. The van der Waals surface area contributed by atoms with Crippen LogP contribution in [0.4, 0.5) is 8.78 Å². The molecule has 0 unspecified atom stereocenters. The first kappa shape index (κ1) is 21.7. The monoisotopic (exact) mass is 359 g/mol. The number of alkyl halides is 2. The zero-order valence-corrected chi connectivity index (χ0v) is 15.3. The number of nitrogens with one attached hydrogen (secondary N) is 1. The molecule has 25 heavy (non-hydrogen) atoms. The van der Waals surface area contributed by atoms with Crippen LogP contribution in [0.25, 0.3) is 0 Å². The summed E-state index contributed by atoms with van der Waals surface area (Å²) in [6, 6.07) is -0.882. The van der Waals surface area contributed by atoms with Gasteiger partial charge < -0.3 is 5.32 Å². The molecule has 1 saturated carbocycles. The van der Waals surface area contributed by atoms with Gasteiger partial charge in [0.1, 0.15) is 0 Å². The van der Waals surface area contributed by atoms with Crippen LogP contribution in [-0.2, 0) is 14.4 Å². The van der Waals surface area contributed by atoms with Crippen molar-refractivity contribution < 1.29 is 23.2 Å². The molecule has 1 atom stereocenters. The highest BCUT2D eigenvalue weighted by atomic mass is 19.3. The van der Waals surface area contributed by atoms with E-state index in [4.69, 9.17) is 0 Å². The van der Waals surface area contributed by atoms with Crippen LogP contribution in [0.5, 0.6) is 0 Å². The summed E-state index contributed by atoms with van der Waals surface area (Å²) < 4.78 is 28.0. The first-order chi connectivity index (χ1) is 11.9. The summed E-state index contributed by atoms with van der Waals surface area (Å²) >= 11 is 0. The number of ketones is 2. The van der Waals surface area contributed by atoms with Crippen molar-refractivity contribution in [3.05, 3.63) is 0 Å². The van der Waals surface area contributed by atoms with Crippen molar-refractivity contribution in [1.82, 2.24) is 5.32 Å². The number of carbonyl (C=O) groups excluding carboxylic acids is 3. The Morgan fingerprint density at radius 2 is 1.68 bits per heavy atom. The van der Waals surface area contributed by atoms with Gasteiger partial charge in [-0.05, 0) is 19.3 Å². The number of carbonyl (C=O) groups is 3. The molecule has 0 saturated heterocycles. The van der Waals surface area contributed by atoms with Crippen LogP contribution in [0.1, 0.15) is 90.4 Å². The lowest BCUT2D eigenvalue weighted by Crippen LogP contribution is -2.51. The zero-order chi connectivity index (χ0) is 18.7. The van der Waals surface area contributed by atoms with Crippen LogP contribution < -0.4 is 5.32 Å². The second-order valence-electron chi connectivity index (χ2n) is 6.96. The molecule has 0 aromatic heterocycles. The topological polar surface area (TPSA) is 63.2 Å². The highest BCUT2D eigenvalue weighted by molar-refractivity contribution is 6.08. The van der Waals surface area contributed by atoms with Crippen LogP contribution in [0.15, 0.2) is 0 Å². The molecular formula is C19H31F2NO3. The highest BCUT2D eigenvalue weighted by Crippen LogP contribution is 2.21. The third-order valence-electron chi connectivity index (χ3n) is 4.75. The Balaban J connectivity index is 2.37. The fraction of sp³-hybridized carbons (Fsp3) is 0.842. The van der Waals surface area contributed by atoms with Gasteiger partial charge in [0.15, 0.2) is 5.78 Å². The molecule has 1 N–H and O–H groups in total. The Hall–Kier alpha value is -1.33. The summed E-state index contributed by atoms with van der Waals surface area (Å²) in [5.74, 6) is -7.24. The Morgan fingerprint density at radius 3 is 2.36 bits per heavy atom. The molecule has 1 aliphatic carbocycles. The van der Waals surface area contributed by atoms with Crippen molar-refractivity contribution in [1.29, 1.82) is 0 Å². The van der Waals surface area contributed by atoms with E-state index in [0.717, 1.165) is 44.9 Å². The van der Waals surface area contributed by atoms with Gasteiger partial charge in [-0.25, -0.2) is 0 Å². The van der Waals surface area contributed by atoms with E-state index in [1.165, 1.54) is 0 Å². The molecule has 4 nitrogen and oxygen atoms in total. The minimum Gasteiger partial charge on any atom is -0.341 e. The summed E-state index contributed by atoms with van der Waals surface area (Å²) in [5, 5.41) is 2.10. The highest BCUT2D eigenvalue weighted by Gasteiger charge is 2.47. The number of amides is 1. The van der Waals surface area contributed by atoms with E-state index in [9.17, 15) is 23.2 Å². The number of rotatable bonds is 11. The standard InChI is InChI=1S/C19H31F2NO3/c1-2-3-4-5-6-7-11-14-17(24)19(20,21)18(25)22-15-12-9-8-10-13-16(15)23/h15H,2-14H2,1H3,(H,22,25)/t15-/m0/s1. The van der Waals surface area contributed by atoms with Gasteiger partial charge in [0.05, 0.1) is 6.04 Å². The summed E-state index contributed by atoms with van der Waals surface area (Å²) in [7, 11) is 0. The summed E-state index contributed by atoms with van der Waals surface area (Å²) in [6.07, 6.45) is 9.13. The molecule has 6 heteroatoms. The third kappa shape index (κ3) is 7.61. The lowest BCUT2D eigenvalue weighted by Gasteiger charge is -2.19. The fourth-order valence-corrected chi connectivity index (χ4v) is 3.09. The molecule has 0 aromatic carbocycles. The molecule has 0 bridgehead atoms. The smallest absolute Gasteiger partial charge is 0.341 e. The Morgan fingerprint density at radius 1 is 1.04 bits per heavy atom. The molecule has 0 aliphatic heterocycles. The summed E-state index contributed by atoms with van der Waals surface area (Å²) in [5.41, 5.74) is 0. The molecule has 0 spiro atoms. The van der Waals surface area contributed by atoms with Gasteiger partial charge in [0.25, 0.3) is 5.91 Å². The Bertz CT molecular complexity index is 452. The van der Waals surface area contributed by atoms with Crippen molar-refractivity contribution in [3.8, 4) is 0 Å². The molecule has 0 radical (unpaired) electrons. The molecular weight excluding hydrogens is 328 g/mol. The molecule has 1 fully saturated rings. The first-order valence-electron chi connectivity index (χ1n) is 9.64. The lowest BCUT2D eigenvalue weighted by molar-refractivity contribution is -0.159. The third-order valence-corrected chi connectivity index (χ3v) is 4.75. The minimum atomic E-state index is -4.05. The van der Waals surface area contributed by atoms with Gasteiger partial charge in [-0.1, -0.05) is 58.3 Å². The van der Waals surface area contributed by atoms with E-state index in [1.807, 2.05) is 0 Å². The lowest BCUT2D eigenvalue weighted by atomic mass is 10.0. The predicted octanol–water partition coefficient (Wildman–Crippen LogP) is 4.35. The second kappa shape index (κ2) is 11.3. The normalized spacial score (nSPS) is 18.7. The summed E-state index contributed by atoms with van der Waals surface area (Å²) in [6.45, 7) is 2.12. The molecule has 0 heterocycles. The van der Waals surface area contributed by atoms with E-state index in [-0.39, 0.29) is 12.2 Å². The maximum absolute atomic E-state index is 14.0. The Labute approximate surface area is 149 Å². The average molecular weight is 359 g/mol. The number of Topliss-reactive ketones (excluding diaryl/α,β-unsaturated/α-hetero) is 2. The van der Waals surface area contributed by atoms with Gasteiger partial charge in [0, 0.05) is 12.8 Å². The van der Waals surface area contributed by atoms with Gasteiger partial charge in [-0.15, -0.1) is 0 Å².